The molecule has 0 radical (unpaired) electrons. The predicted molar refractivity (Wildman–Crippen MR) is 82.3 cm³/mol. The summed E-state index contributed by atoms with van der Waals surface area (Å²) >= 11 is 3.42. The van der Waals surface area contributed by atoms with Gasteiger partial charge in [-0.15, -0.1) is 0 Å². The largest absolute Gasteiger partial charge is 0.486 e. The topological polar surface area (TPSA) is 88.1 Å². The minimum atomic E-state index is -0.935. The van der Waals surface area contributed by atoms with E-state index >= 15 is 0 Å². The van der Waals surface area contributed by atoms with Crippen molar-refractivity contribution >= 4 is 27.9 Å². The van der Waals surface area contributed by atoms with Crippen LogP contribution in [-0.4, -0.2) is 48.8 Å². The van der Waals surface area contributed by atoms with Crippen molar-refractivity contribution in [3.8, 4) is 11.5 Å². The van der Waals surface area contributed by atoms with Crippen molar-refractivity contribution < 1.29 is 24.2 Å². The number of amides is 2. The summed E-state index contributed by atoms with van der Waals surface area (Å²) in [6, 6.07) is 3.34. The average Bonchev–Trinajstić information content (AvgIpc) is 2.50. The van der Waals surface area contributed by atoms with Gasteiger partial charge < -0.3 is 24.8 Å². The molecular weight excluding hydrogens is 356 g/mol. The number of aliphatic carboxylic acids is 1. The van der Waals surface area contributed by atoms with Crippen molar-refractivity contribution in [1.82, 2.24) is 10.2 Å². The third kappa shape index (κ3) is 4.27. The summed E-state index contributed by atoms with van der Waals surface area (Å²) in [7, 11) is 1.55. The monoisotopic (exact) mass is 372 g/mol. The maximum absolute atomic E-state index is 11.9. The molecule has 120 valence electrons. The highest BCUT2D eigenvalue weighted by Gasteiger charge is 2.17. The molecule has 2 amide bonds. The number of carboxylic acid groups (broad SMARTS) is 1. The van der Waals surface area contributed by atoms with E-state index < -0.39 is 5.97 Å². The first kappa shape index (κ1) is 16.4. The normalized spacial score (nSPS) is 12.6. The van der Waals surface area contributed by atoms with Crippen LogP contribution in [-0.2, 0) is 11.3 Å². The number of carbonyl (C=O) groups is 2. The van der Waals surface area contributed by atoms with Crippen LogP contribution < -0.4 is 14.8 Å². The standard InChI is InChI=1S/C14H17BrN2O5/c1-17(3-2-12(18)19)14(20)16-8-9-6-10(15)13-11(7-9)21-4-5-22-13/h6-7H,2-5,8H2,1H3,(H,16,20)(H,18,19). The smallest absolute Gasteiger partial charge is 0.317 e. The summed E-state index contributed by atoms with van der Waals surface area (Å²) in [5.41, 5.74) is 0.858. The molecule has 1 aliphatic rings. The highest BCUT2D eigenvalue weighted by molar-refractivity contribution is 9.10. The van der Waals surface area contributed by atoms with Crippen LogP contribution in [0.15, 0.2) is 16.6 Å². The zero-order valence-electron chi connectivity index (χ0n) is 12.1. The van der Waals surface area contributed by atoms with Crippen LogP contribution in [0.3, 0.4) is 0 Å². The second-order valence-electron chi connectivity index (χ2n) is 4.83. The van der Waals surface area contributed by atoms with Gasteiger partial charge in [0.15, 0.2) is 11.5 Å². The number of rotatable bonds is 5. The van der Waals surface area contributed by atoms with Crippen LogP contribution in [0.25, 0.3) is 0 Å². The molecule has 0 unspecified atom stereocenters. The summed E-state index contributed by atoms with van der Waals surface area (Å²) in [6.45, 7) is 1.47. The summed E-state index contributed by atoms with van der Waals surface area (Å²) in [5, 5.41) is 11.3. The maximum Gasteiger partial charge on any atom is 0.317 e. The Labute approximate surface area is 136 Å². The fourth-order valence-corrected chi connectivity index (χ4v) is 2.55. The van der Waals surface area contributed by atoms with Gasteiger partial charge in [0, 0.05) is 20.1 Å². The molecule has 0 spiro atoms. The van der Waals surface area contributed by atoms with Crippen LogP contribution in [0.2, 0.25) is 0 Å². The fourth-order valence-electron chi connectivity index (χ4n) is 1.94. The van der Waals surface area contributed by atoms with E-state index in [-0.39, 0.29) is 19.0 Å². The minimum absolute atomic E-state index is 0.0838. The molecule has 0 aliphatic carbocycles. The molecule has 0 bridgehead atoms. The van der Waals surface area contributed by atoms with Crippen LogP contribution in [0.4, 0.5) is 4.79 Å². The molecule has 0 saturated carbocycles. The quantitative estimate of drug-likeness (QED) is 0.822. The second-order valence-corrected chi connectivity index (χ2v) is 5.68. The van der Waals surface area contributed by atoms with E-state index in [9.17, 15) is 9.59 Å². The molecule has 8 heteroatoms. The number of benzene rings is 1. The minimum Gasteiger partial charge on any atom is -0.486 e. The lowest BCUT2D eigenvalue weighted by atomic mass is 10.2. The number of urea groups is 1. The predicted octanol–water partition coefficient (Wildman–Crippen LogP) is 1.84. The van der Waals surface area contributed by atoms with Gasteiger partial charge >= 0.3 is 12.0 Å². The highest BCUT2D eigenvalue weighted by Crippen LogP contribution is 2.38. The summed E-state index contributed by atoms with van der Waals surface area (Å²) < 4.78 is 11.8. The van der Waals surface area contributed by atoms with E-state index in [1.54, 1.807) is 7.05 Å². The number of ether oxygens (including phenoxy) is 2. The van der Waals surface area contributed by atoms with Gasteiger partial charge in [-0.25, -0.2) is 4.79 Å². The third-order valence-electron chi connectivity index (χ3n) is 3.11. The number of carbonyl (C=O) groups excluding carboxylic acids is 1. The molecule has 22 heavy (non-hydrogen) atoms. The SMILES string of the molecule is CN(CCC(=O)O)C(=O)NCc1cc(Br)c2c(c1)OCCO2. The molecule has 7 nitrogen and oxygen atoms in total. The van der Waals surface area contributed by atoms with Gasteiger partial charge in [0.2, 0.25) is 0 Å². The van der Waals surface area contributed by atoms with Gasteiger partial charge in [-0.1, -0.05) is 0 Å². The number of hydrogen-bond acceptors (Lipinski definition) is 4. The number of halogens is 1. The Morgan fingerprint density at radius 3 is 2.82 bits per heavy atom. The Kier molecular flexibility index (Phi) is 5.48. The zero-order valence-corrected chi connectivity index (χ0v) is 13.7. The van der Waals surface area contributed by atoms with Crippen molar-refractivity contribution in [3.63, 3.8) is 0 Å². The van der Waals surface area contributed by atoms with E-state index in [0.29, 0.717) is 31.3 Å². The Hall–Kier alpha value is -1.96. The van der Waals surface area contributed by atoms with Gasteiger partial charge in [-0.2, -0.15) is 0 Å². The molecule has 2 rings (SSSR count). The summed E-state index contributed by atoms with van der Waals surface area (Å²) in [4.78, 5) is 23.7. The van der Waals surface area contributed by atoms with Crippen molar-refractivity contribution in [2.75, 3.05) is 26.8 Å². The summed E-state index contributed by atoms with van der Waals surface area (Å²) in [6.07, 6.45) is -0.0838. The lowest BCUT2D eigenvalue weighted by Gasteiger charge is -2.21. The maximum atomic E-state index is 11.9. The van der Waals surface area contributed by atoms with Crippen molar-refractivity contribution in [1.29, 1.82) is 0 Å². The van der Waals surface area contributed by atoms with E-state index in [1.807, 2.05) is 12.1 Å². The molecule has 1 heterocycles. The Bertz CT molecular complexity index is 579. The van der Waals surface area contributed by atoms with Crippen LogP contribution >= 0.6 is 15.9 Å². The molecule has 0 atom stereocenters. The van der Waals surface area contributed by atoms with Gasteiger partial charge in [0.05, 0.1) is 10.9 Å². The van der Waals surface area contributed by atoms with Crippen LogP contribution in [0.1, 0.15) is 12.0 Å². The van der Waals surface area contributed by atoms with E-state index in [4.69, 9.17) is 14.6 Å². The number of nitrogens with one attached hydrogen (secondary N) is 1. The first-order valence-corrected chi connectivity index (χ1v) is 7.55. The van der Waals surface area contributed by atoms with Crippen LogP contribution in [0, 0.1) is 0 Å². The fraction of sp³-hybridized carbons (Fsp3) is 0.429. The van der Waals surface area contributed by atoms with Crippen LogP contribution in [0.5, 0.6) is 11.5 Å². The molecule has 0 aromatic heterocycles. The van der Waals surface area contributed by atoms with Gasteiger partial charge in [0.25, 0.3) is 0 Å². The first-order valence-electron chi connectivity index (χ1n) is 6.76. The summed E-state index contributed by atoms with van der Waals surface area (Å²) in [5.74, 6) is 0.374. The molecule has 1 aliphatic heterocycles. The number of carboxylic acids is 1. The van der Waals surface area contributed by atoms with Gasteiger partial charge in [-0.05, 0) is 33.6 Å². The van der Waals surface area contributed by atoms with Crippen molar-refractivity contribution in [2.45, 2.75) is 13.0 Å². The van der Waals surface area contributed by atoms with Crippen molar-refractivity contribution in [3.05, 3.63) is 22.2 Å². The van der Waals surface area contributed by atoms with E-state index in [1.165, 1.54) is 4.90 Å². The Morgan fingerprint density at radius 1 is 1.36 bits per heavy atom. The van der Waals surface area contributed by atoms with Gasteiger partial charge in [0.1, 0.15) is 13.2 Å². The molecule has 2 N–H and O–H groups in total. The number of hydrogen-bond donors (Lipinski definition) is 2. The molecule has 1 aromatic rings. The average molecular weight is 373 g/mol. The lowest BCUT2D eigenvalue weighted by Crippen LogP contribution is -2.38. The Morgan fingerprint density at radius 2 is 2.09 bits per heavy atom. The number of nitrogens with zero attached hydrogens (tertiary/aromatic N) is 1. The Balaban J connectivity index is 1.92. The van der Waals surface area contributed by atoms with E-state index in [0.717, 1.165) is 10.0 Å². The molecule has 0 fully saturated rings. The second kappa shape index (κ2) is 7.35. The van der Waals surface area contributed by atoms with Crippen molar-refractivity contribution in [2.24, 2.45) is 0 Å². The van der Waals surface area contributed by atoms with E-state index in [2.05, 4.69) is 21.2 Å². The number of fused-ring (bicyclic) bond motifs is 1. The molecule has 0 saturated heterocycles. The highest BCUT2D eigenvalue weighted by atomic mass is 79.9. The third-order valence-corrected chi connectivity index (χ3v) is 3.70. The molecular formula is C14H17BrN2O5. The first-order chi connectivity index (χ1) is 10.5. The zero-order chi connectivity index (χ0) is 16.1. The molecule has 1 aromatic carbocycles. The van der Waals surface area contributed by atoms with Gasteiger partial charge in [-0.3, -0.25) is 4.79 Å². The lowest BCUT2D eigenvalue weighted by molar-refractivity contribution is -0.137.